The van der Waals surface area contributed by atoms with E-state index < -0.39 is 12.3 Å². The van der Waals surface area contributed by atoms with Crippen LogP contribution in [0.5, 0.6) is 0 Å². The van der Waals surface area contributed by atoms with Crippen molar-refractivity contribution in [1.29, 1.82) is 0 Å². The lowest BCUT2D eigenvalue weighted by atomic mass is 10.0. The molecule has 1 amide bonds. The second-order valence-electron chi connectivity index (χ2n) is 4.85. The van der Waals surface area contributed by atoms with E-state index in [0.717, 1.165) is 31.6 Å². The summed E-state index contributed by atoms with van der Waals surface area (Å²) in [5, 5.41) is 9.20. The molecule has 0 aromatic carbocycles. The second kappa shape index (κ2) is 5.88. The van der Waals surface area contributed by atoms with Gasteiger partial charge >= 0.3 is 6.09 Å². The van der Waals surface area contributed by atoms with Gasteiger partial charge in [-0.1, -0.05) is 0 Å². The minimum Gasteiger partial charge on any atom is -0.465 e. The highest BCUT2D eigenvalue weighted by atomic mass is 16.4. The van der Waals surface area contributed by atoms with Gasteiger partial charge in [0.2, 0.25) is 0 Å². The minimum absolute atomic E-state index is 0.00980. The van der Waals surface area contributed by atoms with E-state index in [1.807, 2.05) is 12.1 Å². The molecule has 1 fully saturated rings. The molecule has 0 bridgehead atoms. The first-order chi connectivity index (χ1) is 9.09. The molecule has 104 valence electrons. The Labute approximate surface area is 112 Å². The highest BCUT2D eigenvalue weighted by molar-refractivity contribution is 5.65. The van der Waals surface area contributed by atoms with Crippen LogP contribution in [0.15, 0.2) is 24.5 Å². The van der Waals surface area contributed by atoms with Crippen molar-refractivity contribution >= 4 is 11.8 Å². The summed E-state index contributed by atoms with van der Waals surface area (Å²) in [6, 6.07) is 3.96. The quantitative estimate of drug-likeness (QED) is 0.805. The molecule has 0 aliphatic carbocycles. The molecule has 1 unspecified atom stereocenters. The van der Waals surface area contributed by atoms with Crippen LogP contribution in [-0.4, -0.2) is 46.4 Å². The molecule has 2 heterocycles. The Morgan fingerprint density at radius 3 is 2.53 bits per heavy atom. The number of carbonyl (C=O) groups is 1. The Bertz CT molecular complexity index is 416. The fourth-order valence-corrected chi connectivity index (χ4v) is 2.62. The molecular formula is C13H20N4O2. The number of pyridine rings is 1. The van der Waals surface area contributed by atoms with Crippen LogP contribution >= 0.6 is 0 Å². The number of hydrogen-bond acceptors (Lipinski definition) is 4. The zero-order valence-electron chi connectivity index (χ0n) is 11.1. The monoisotopic (exact) mass is 264 g/mol. The molecule has 0 spiro atoms. The largest absolute Gasteiger partial charge is 0.465 e. The average molecular weight is 264 g/mol. The maximum absolute atomic E-state index is 11.2. The van der Waals surface area contributed by atoms with Crippen LogP contribution in [0.4, 0.5) is 10.5 Å². The highest BCUT2D eigenvalue weighted by Gasteiger charge is 2.29. The molecule has 0 saturated carbocycles. The van der Waals surface area contributed by atoms with E-state index in [1.165, 1.54) is 4.90 Å². The SMILES string of the molecule is CC(N)N(C(=O)O)C1CCN(c2ccncc2)CC1. The standard InChI is InChI=1S/C13H20N4O2/c1-10(14)17(13(18)19)12-4-8-16(9-5-12)11-2-6-15-7-3-11/h2-3,6-7,10,12H,4-5,8-9,14H2,1H3,(H,18,19). The van der Waals surface area contributed by atoms with Gasteiger partial charge in [-0.25, -0.2) is 4.79 Å². The summed E-state index contributed by atoms with van der Waals surface area (Å²) in [4.78, 5) is 18.8. The summed E-state index contributed by atoms with van der Waals surface area (Å²) < 4.78 is 0. The van der Waals surface area contributed by atoms with Crippen LogP contribution in [0.1, 0.15) is 19.8 Å². The first-order valence-corrected chi connectivity index (χ1v) is 6.51. The van der Waals surface area contributed by atoms with Crippen LogP contribution in [0, 0.1) is 0 Å². The van der Waals surface area contributed by atoms with Crippen molar-refractivity contribution in [3.63, 3.8) is 0 Å². The zero-order valence-corrected chi connectivity index (χ0v) is 11.1. The number of anilines is 1. The van der Waals surface area contributed by atoms with Gasteiger partial charge in [-0.15, -0.1) is 0 Å². The lowest BCUT2D eigenvalue weighted by Crippen LogP contribution is -2.53. The topological polar surface area (TPSA) is 82.7 Å². The van der Waals surface area contributed by atoms with Crippen molar-refractivity contribution in [3.8, 4) is 0 Å². The summed E-state index contributed by atoms with van der Waals surface area (Å²) in [7, 11) is 0. The van der Waals surface area contributed by atoms with Crippen LogP contribution in [0.3, 0.4) is 0 Å². The molecule has 6 heteroatoms. The van der Waals surface area contributed by atoms with Gasteiger partial charge in [-0.05, 0) is 31.9 Å². The number of nitrogens with zero attached hydrogens (tertiary/aromatic N) is 3. The van der Waals surface area contributed by atoms with Gasteiger partial charge in [-0.2, -0.15) is 0 Å². The van der Waals surface area contributed by atoms with Crippen LogP contribution in [0.2, 0.25) is 0 Å². The van der Waals surface area contributed by atoms with E-state index in [9.17, 15) is 9.90 Å². The molecular weight excluding hydrogens is 244 g/mol. The smallest absolute Gasteiger partial charge is 0.408 e. The number of nitrogens with two attached hydrogens (primary N) is 1. The van der Waals surface area contributed by atoms with Crippen LogP contribution < -0.4 is 10.6 Å². The van der Waals surface area contributed by atoms with E-state index in [0.29, 0.717) is 0 Å². The molecule has 1 saturated heterocycles. The summed E-state index contributed by atoms with van der Waals surface area (Å²) in [5.74, 6) is 0. The van der Waals surface area contributed by atoms with Crippen molar-refractivity contribution in [2.24, 2.45) is 5.73 Å². The maximum atomic E-state index is 11.2. The molecule has 6 nitrogen and oxygen atoms in total. The van der Waals surface area contributed by atoms with Gasteiger partial charge < -0.3 is 15.7 Å². The van der Waals surface area contributed by atoms with E-state index in [1.54, 1.807) is 19.3 Å². The van der Waals surface area contributed by atoms with E-state index in [2.05, 4.69) is 9.88 Å². The van der Waals surface area contributed by atoms with Gasteiger partial charge in [0.15, 0.2) is 0 Å². The molecule has 1 atom stereocenters. The van der Waals surface area contributed by atoms with Gasteiger partial charge in [0.1, 0.15) is 0 Å². The van der Waals surface area contributed by atoms with Crippen molar-refractivity contribution in [2.45, 2.75) is 32.0 Å². The van der Waals surface area contributed by atoms with E-state index >= 15 is 0 Å². The highest BCUT2D eigenvalue weighted by Crippen LogP contribution is 2.22. The van der Waals surface area contributed by atoms with Gasteiger partial charge in [0.25, 0.3) is 0 Å². The van der Waals surface area contributed by atoms with E-state index in [4.69, 9.17) is 5.73 Å². The molecule has 1 aliphatic rings. The molecule has 2 rings (SSSR count). The third-order valence-electron chi connectivity index (χ3n) is 3.55. The Morgan fingerprint density at radius 2 is 2.05 bits per heavy atom. The fraction of sp³-hybridized carbons (Fsp3) is 0.538. The third kappa shape index (κ3) is 3.14. The normalized spacial score (nSPS) is 18.1. The Hall–Kier alpha value is -1.82. The number of carboxylic acid groups (broad SMARTS) is 1. The molecule has 1 aromatic rings. The van der Waals surface area contributed by atoms with Crippen molar-refractivity contribution in [3.05, 3.63) is 24.5 Å². The lowest BCUT2D eigenvalue weighted by molar-refractivity contribution is 0.0950. The predicted octanol–water partition coefficient (Wildman–Crippen LogP) is 1.34. The molecule has 1 aromatic heterocycles. The lowest BCUT2D eigenvalue weighted by Gasteiger charge is -2.39. The van der Waals surface area contributed by atoms with Crippen molar-refractivity contribution in [2.75, 3.05) is 18.0 Å². The first kappa shape index (κ1) is 13.6. The number of amides is 1. The Balaban J connectivity index is 1.97. The number of hydrogen-bond donors (Lipinski definition) is 2. The Morgan fingerprint density at radius 1 is 1.47 bits per heavy atom. The van der Waals surface area contributed by atoms with Crippen molar-refractivity contribution < 1.29 is 9.90 Å². The molecule has 0 radical (unpaired) electrons. The number of piperidine rings is 1. The summed E-state index contributed by atoms with van der Waals surface area (Å²) >= 11 is 0. The minimum atomic E-state index is -0.933. The summed E-state index contributed by atoms with van der Waals surface area (Å²) in [6.07, 6.45) is 3.75. The maximum Gasteiger partial charge on any atom is 0.408 e. The van der Waals surface area contributed by atoms with Crippen molar-refractivity contribution in [1.82, 2.24) is 9.88 Å². The summed E-state index contributed by atoms with van der Waals surface area (Å²) in [6.45, 7) is 3.39. The zero-order chi connectivity index (χ0) is 13.8. The first-order valence-electron chi connectivity index (χ1n) is 6.51. The Kier molecular flexibility index (Phi) is 4.21. The summed E-state index contributed by atoms with van der Waals surface area (Å²) in [5.41, 5.74) is 6.87. The molecule has 1 aliphatic heterocycles. The predicted molar refractivity (Wildman–Crippen MR) is 73.0 cm³/mol. The van der Waals surface area contributed by atoms with Gasteiger partial charge in [-0.3, -0.25) is 9.88 Å². The average Bonchev–Trinajstić information content (AvgIpc) is 2.40. The second-order valence-corrected chi connectivity index (χ2v) is 4.85. The van der Waals surface area contributed by atoms with Crippen LogP contribution in [0.25, 0.3) is 0 Å². The molecule has 19 heavy (non-hydrogen) atoms. The number of rotatable bonds is 3. The number of aromatic nitrogens is 1. The fourth-order valence-electron chi connectivity index (χ4n) is 2.62. The third-order valence-corrected chi connectivity index (χ3v) is 3.55. The van der Waals surface area contributed by atoms with Gasteiger partial charge in [0, 0.05) is 37.2 Å². The molecule has 3 N–H and O–H groups in total. The van der Waals surface area contributed by atoms with Crippen LogP contribution in [-0.2, 0) is 0 Å². The van der Waals surface area contributed by atoms with E-state index in [-0.39, 0.29) is 6.04 Å². The van der Waals surface area contributed by atoms with Gasteiger partial charge in [0.05, 0.1) is 6.17 Å².